The number of benzene rings is 1. The second-order valence-electron chi connectivity index (χ2n) is 3.70. The van der Waals surface area contributed by atoms with Gasteiger partial charge in [0.2, 0.25) is 0 Å². The van der Waals surface area contributed by atoms with Crippen molar-refractivity contribution in [2.75, 3.05) is 0 Å². The molecule has 1 atom stereocenters. The standard InChI is InChI=1S/C10H15N3O3S/c1-7-3-5-9(6-4-7)17(15,16)13-12-10(14)8(2)11/h3-6,8,13H,11H2,1-2H3,(H,12,14). The van der Waals surface area contributed by atoms with Crippen molar-refractivity contribution in [3.63, 3.8) is 0 Å². The summed E-state index contributed by atoms with van der Waals surface area (Å²) < 4.78 is 23.4. The van der Waals surface area contributed by atoms with Crippen LogP contribution in [0, 0.1) is 6.92 Å². The van der Waals surface area contributed by atoms with Crippen LogP contribution >= 0.6 is 0 Å². The van der Waals surface area contributed by atoms with Gasteiger partial charge in [0.1, 0.15) is 0 Å². The molecule has 0 spiro atoms. The Morgan fingerprint density at radius 2 is 1.82 bits per heavy atom. The molecule has 0 aliphatic heterocycles. The van der Waals surface area contributed by atoms with E-state index in [2.05, 4.69) is 0 Å². The van der Waals surface area contributed by atoms with Crippen molar-refractivity contribution in [1.82, 2.24) is 10.3 Å². The van der Waals surface area contributed by atoms with Crippen LogP contribution in [0.4, 0.5) is 0 Å². The fourth-order valence-electron chi connectivity index (χ4n) is 1.01. The average Bonchev–Trinajstić information content (AvgIpc) is 2.26. The lowest BCUT2D eigenvalue weighted by molar-refractivity contribution is -0.122. The van der Waals surface area contributed by atoms with E-state index < -0.39 is 22.0 Å². The molecule has 7 heteroatoms. The first-order valence-corrected chi connectivity index (χ1v) is 6.45. The van der Waals surface area contributed by atoms with Crippen LogP contribution in [0.25, 0.3) is 0 Å². The number of hydrogen-bond donors (Lipinski definition) is 3. The van der Waals surface area contributed by atoms with E-state index in [0.717, 1.165) is 5.56 Å². The first-order valence-electron chi connectivity index (χ1n) is 4.97. The smallest absolute Gasteiger partial charge is 0.257 e. The van der Waals surface area contributed by atoms with Gasteiger partial charge in [0.25, 0.3) is 15.9 Å². The van der Waals surface area contributed by atoms with Gasteiger partial charge < -0.3 is 5.73 Å². The van der Waals surface area contributed by atoms with Gasteiger partial charge in [0, 0.05) is 0 Å². The molecule has 17 heavy (non-hydrogen) atoms. The first-order chi connectivity index (χ1) is 7.83. The van der Waals surface area contributed by atoms with Crippen molar-refractivity contribution in [2.24, 2.45) is 5.73 Å². The van der Waals surface area contributed by atoms with E-state index >= 15 is 0 Å². The molecule has 6 nitrogen and oxygen atoms in total. The molecule has 0 saturated heterocycles. The Morgan fingerprint density at radius 3 is 2.29 bits per heavy atom. The number of amides is 1. The largest absolute Gasteiger partial charge is 0.320 e. The number of carbonyl (C=O) groups excluding carboxylic acids is 1. The third kappa shape index (κ3) is 3.81. The van der Waals surface area contributed by atoms with Gasteiger partial charge in [-0.2, -0.15) is 0 Å². The minimum atomic E-state index is -3.74. The Morgan fingerprint density at radius 1 is 1.29 bits per heavy atom. The molecule has 0 radical (unpaired) electrons. The van der Waals surface area contributed by atoms with Gasteiger partial charge in [0.15, 0.2) is 0 Å². The van der Waals surface area contributed by atoms with E-state index in [-0.39, 0.29) is 4.90 Å². The van der Waals surface area contributed by atoms with Crippen LogP contribution in [0.5, 0.6) is 0 Å². The van der Waals surface area contributed by atoms with Crippen molar-refractivity contribution in [3.8, 4) is 0 Å². The summed E-state index contributed by atoms with van der Waals surface area (Å²) in [6, 6.07) is 5.46. The predicted molar refractivity (Wildman–Crippen MR) is 63.3 cm³/mol. The number of hydrazine groups is 1. The zero-order valence-electron chi connectivity index (χ0n) is 9.60. The van der Waals surface area contributed by atoms with Crippen molar-refractivity contribution < 1.29 is 13.2 Å². The van der Waals surface area contributed by atoms with Crippen LogP contribution < -0.4 is 16.0 Å². The summed E-state index contributed by atoms with van der Waals surface area (Å²) in [6.45, 7) is 3.30. The van der Waals surface area contributed by atoms with Crippen LogP contribution in [0.2, 0.25) is 0 Å². The van der Waals surface area contributed by atoms with Gasteiger partial charge >= 0.3 is 0 Å². The molecule has 0 aliphatic carbocycles. The topological polar surface area (TPSA) is 101 Å². The summed E-state index contributed by atoms with van der Waals surface area (Å²) in [7, 11) is -3.74. The number of nitrogens with two attached hydrogens (primary N) is 1. The SMILES string of the molecule is Cc1ccc(S(=O)(=O)NNC(=O)C(C)N)cc1. The van der Waals surface area contributed by atoms with Crippen molar-refractivity contribution in [3.05, 3.63) is 29.8 Å². The molecule has 0 fully saturated rings. The van der Waals surface area contributed by atoms with E-state index in [1.54, 1.807) is 12.1 Å². The molecule has 1 aromatic rings. The quantitative estimate of drug-likeness (QED) is 0.642. The first kappa shape index (κ1) is 13.6. The van der Waals surface area contributed by atoms with Gasteiger partial charge in [-0.1, -0.05) is 17.7 Å². The van der Waals surface area contributed by atoms with Gasteiger partial charge in [-0.05, 0) is 26.0 Å². The van der Waals surface area contributed by atoms with Crippen LogP contribution in [0.3, 0.4) is 0 Å². The van der Waals surface area contributed by atoms with Gasteiger partial charge in [-0.15, -0.1) is 4.83 Å². The Kier molecular flexibility index (Phi) is 4.22. The average molecular weight is 257 g/mol. The van der Waals surface area contributed by atoms with Crippen LogP contribution in [-0.2, 0) is 14.8 Å². The molecule has 4 N–H and O–H groups in total. The zero-order valence-corrected chi connectivity index (χ0v) is 10.4. The fraction of sp³-hybridized carbons (Fsp3) is 0.300. The molecular formula is C10H15N3O3S. The normalized spacial score (nSPS) is 13.1. The van der Waals surface area contributed by atoms with Crippen molar-refractivity contribution in [2.45, 2.75) is 24.8 Å². The monoisotopic (exact) mass is 257 g/mol. The molecular weight excluding hydrogens is 242 g/mol. The van der Waals surface area contributed by atoms with Crippen LogP contribution in [0.1, 0.15) is 12.5 Å². The van der Waals surface area contributed by atoms with E-state index in [0.29, 0.717) is 0 Å². The number of sulfonamides is 1. The highest BCUT2D eigenvalue weighted by atomic mass is 32.2. The highest BCUT2D eigenvalue weighted by Crippen LogP contribution is 2.08. The highest BCUT2D eigenvalue weighted by Gasteiger charge is 2.15. The predicted octanol–water partition coefficient (Wildman–Crippen LogP) is -0.348. The minimum Gasteiger partial charge on any atom is -0.320 e. The van der Waals surface area contributed by atoms with E-state index in [1.807, 2.05) is 17.2 Å². The summed E-state index contributed by atoms with van der Waals surface area (Å²) in [5, 5.41) is 0. The number of nitrogens with one attached hydrogen (secondary N) is 2. The molecule has 0 heterocycles. The summed E-state index contributed by atoms with van der Waals surface area (Å²) >= 11 is 0. The van der Waals surface area contributed by atoms with E-state index in [9.17, 15) is 13.2 Å². The number of rotatable bonds is 4. The summed E-state index contributed by atoms with van der Waals surface area (Å²) in [4.78, 5) is 13.2. The van der Waals surface area contributed by atoms with E-state index in [4.69, 9.17) is 5.73 Å². The maximum Gasteiger partial charge on any atom is 0.257 e. The lowest BCUT2D eigenvalue weighted by Gasteiger charge is -2.10. The maximum atomic E-state index is 11.7. The number of aryl methyl sites for hydroxylation is 1. The molecule has 1 aromatic carbocycles. The summed E-state index contributed by atoms with van der Waals surface area (Å²) in [5.74, 6) is -0.597. The lowest BCUT2D eigenvalue weighted by Crippen LogP contribution is -2.48. The van der Waals surface area contributed by atoms with E-state index in [1.165, 1.54) is 19.1 Å². The second-order valence-corrected chi connectivity index (χ2v) is 5.38. The van der Waals surface area contributed by atoms with Gasteiger partial charge in [-0.3, -0.25) is 10.2 Å². The molecule has 1 unspecified atom stereocenters. The number of carbonyl (C=O) groups is 1. The molecule has 1 amide bonds. The Labute approximate surface area is 100 Å². The van der Waals surface area contributed by atoms with Crippen LogP contribution in [0.15, 0.2) is 29.2 Å². The van der Waals surface area contributed by atoms with Crippen molar-refractivity contribution >= 4 is 15.9 Å². The zero-order chi connectivity index (χ0) is 13.1. The van der Waals surface area contributed by atoms with Crippen LogP contribution in [-0.4, -0.2) is 20.4 Å². The Bertz CT molecular complexity index is 494. The minimum absolute atomic E-state index is 0.0769. The Hall–Kier alpha value is -1.44. The molecule has 0 aromatic heterocycles. The summed E-state index contributed by atoms with van der Waals surface area (Å²) in [6.07, 6.45) is 0. The molecule has 0 bridgehead atoms. The molecule has 0 aliphatic rings. The van der Waals surface area contributed by atoms with Crippen molar-refractivity contribution in [1.29, 1.82) is 0 Å². The second kappa shape index (κ2) is 5.26. The highest BCUT2D eigenvalue weighted by molar-refractivity contribution is 7.89. The Balaban J connectivity index is 2.76. The molecule has 0 saturated carbocycles. The van der Waals surface area contributed by atoms with Gasteiger partial charge in [0.05, 0.1) is 10.9 Å². The lowest BCUT2D eigenvalue weighted by atomic mass is 10.2. The third-order valence-corrected chi connectivity index (χ3v) is 3.32. The summed E-state index contributed by atoms with van der Waals surface area (Å²) in [5.41, 5.74) is 8.26. The van der Waals surface area contributed by atoms with Gasteiger partial charge in [-0.25, -0.2) is 8.42 Å². The number of hydrogen-bond acceptors (Lipinski definition) is 4. The third-order valence-electron chi connectivity index (χ3n) is 2.05. The molecule has 94 valence electrons. The maximum absolute atomic E-state index is 11.7. The fourth-order valence-corrected chi connectivity index (χ4v) is 1.85. The molecule has 1 rings (SSSR count).